The molecule has 2 aromatic rings. The van der Waals surface area contributed by atoms with Crippen LogP contribution in [0.4, 0.5) is 13.2 Å². The third-order valence-corrected chi connectivity index (χ3v) is 3.64. The van der Waals surface area contributed by atoms with Crippen LogP contribution >= 0.6 is 15.9 Å². The molecule has 1 aromatic heterocycles. The zero-order valence-electron chi connectivity index (χ0n) is 12.2. The zero-order valence-corrected chi connectivity index (χ0v) is 13.8. The Morgan fingerprint density at radius 1 is 1.43 bits per heavy atom. The molecule has 3 N–H and O–H groups in total. The number of alkyl halides is 3. The summed E-state index contributed by atoms with van der Waals surface area (Å²) in [6.45, 7) is 0.422. The van der Waals surface area contributed by atoms with Crippen molar-refractivity contribution in [3.8, 4) is 0 Å². The van der Waals surface area contributed by atoms with Crippen LogP contribution in [0.3, 0.4) is 0 Å². The molecule has 5 nitrogen and oxygen atoms in total. The summed E-state index contributed by atoms with van der Waals surface area (Å²) >= 11 is 3.36. The van der Waals surface area contributed by atoms with Gasteiger partial charge in [0.1, 0.15) is 0 Å². The highest BCUT2D eigenvalue weighted by Crippen LogP contribution is 2.29. The van der Waals surface area contributed by atoms with Crippen molar-refractivity contribution in [2.75, 3.05) is 0 Å². The monoisotopic (exact) mass is 389 g/mol. The lowest BCUT2D eigenvalue weighted by Crippen LogP contribution is -2.31. The van der Waals surface area contributed by atoms with E-state index in [2.05, 4.69) is 31.3 Å². The average Bonchev–Trinajstić information content (AvgIpc) is 2.80. The van der Waals surface area contributed by atoms with E-state index in [4.69, 9.17) is 5.73 Å². The van der Waals surface area contributed by atoms with E-state index in [0.717, 1.165) is 22.3 Å². The third-order valence-electron chi connectivity index (χ3n) is 2.98. The van der Waals surface area contributed by atoms with Crippen LogP contribution < -0.4 is 11.1 Å². The van der Waals surface area contributed by atoms with Gasteiger partial charge < -0.3 is 11.1 Å². The Morgan fingerprint density at radius 3 is 2.78 bits per heavy atom. The summed E-state index contributed by atoms with van der Waals surface area (Å²) in [5.74, 6) is 0.139. The van der Waals surface area contributed by atoms with Crippen molar-refractivity contribution >= 4 is 21.9 Å². The predicted octanol–water partition coefficient (Wildman–Crippen LogP) is 2.81. The van der Waals surface area contributed by atoms with E-state index in [1.807, 2.05) is 0 Å². The smallest absolute Gasteiger partial charge is 0.370 e. The first-order valence-electron chi connectivity index (χ1n) is 6.63. The lowest BCUT2D eigenvalue weighted by molar-refractivity contribution is -0.137. The highest BCUT2D eigenvalue weighted by molar-refractivity contribution is 9.10. The maximum atomic E-state index is 12.6. The molecule has 0 radical (unpaired) electrons. The molecular formula is C14H15BrF3N5. The molecule has 0 spiro atoms. The van der Waals surface area contributed by atoms with Gasteiger partial charge in [0.05, 0.1) is 28.8 Å². The Bertz CT molecular complexity index is 709. The van der Waals surface area contributed by atoms with E-state index >= 15 is 0 Å². The molecule has 0 aliphatic rings. The van der Waals surface area contributed by atoms with Crippen molar-refractivity contribution in [1.29, 1.82) is 0 Å². The largest absolute Gasteiger partial charge is 0.416 e. The number of halogens is 4. The quantitative estimate of drug-likeness (QED) is 0.623. The Kier molecular flexibility index (Phi) is 5.30. The number of aliphatic imine (C=N–C) groups is 1. The predicted molar refractivity (Wildman–Crippen MR) is 84.5 cm³/mol. The maximum absolute atomic E-state index is 12.6. The minimum absolute atomic E-state index is 0.0616. The van der Waals surface area contributed by atoms with Crippen LogP contribution in [0.2, 0.25) is 0 Å². The van der Waals surface area contributed by atoms with Gasteiger partial charge in [-0.25, -0.2) is 4.99 Å². The lowest BCUT2D eigenvalue weighted by Gasteiger charge is -2.08. The number of guanidine groups is 1. The molecule has 23 heavy (non-hydrogen) atoms. The molecule has 0 fully saturated rings. The van der Waals surface area contributed by atoms with Crippen LogP contribution in [0.5, 0.6) is 0 Å². The summed E-state index contributed by atoms with van der Waals surface area (Å²) < 4.78 is 40.4. The van der Waals surface area contributed by atoms with Gasteiger partial charge in [0, 0.05) is 13.2 Å². The maximum Gasteiger partial charge on any atom is 0.416 e. The van der Waals surface area contributed by atoms with Gasteiger partial charge in [0.2, 0.25) is 0 Å². The number of nitrogens with two attached hydrogens (primary N) is 1. The van der Waals surface area contributed by atoms with Crippen LogP contribution in [-0.2, 0) is 26.3 Å². The number of rotatable bonds is 4. The van der Waals surface area contributed by atoms with Crippen LogP contribution in [0.25, 0.3) is 0 Å². The Balaban J connectivity index is 1.96. The first-order chi connectivity index (χ1) is 10.8. The lowest BCUT2D eigenvalue weighted by atomic mass is 10.1. The van der Waals surface area contributed by atoms with Gasteiger partial charge in [-0.15, -0.1) is 0 Å². The topological polar surface area (TPSA) is 68.2 Å². The van der Waals surface area contributed by atoms with Gasteiger partial charge >= 0.3 is 6.18 Å². The number of aryl methyl sites for hydroxylation is 1. The van der Waals surface area contributed by atoms with Crippen molar-refractivity contribution in [2.45, 2.75) is 19.3 Å². The van der Waals surface area contributed by atoms with E-state index in [-0.39, 0.29) is 12.5 Å². The number of aromatic nitrogens is 2. The van der Waals surface area contributed by atoms with Crippen LogP contribution in [0.1, 0.15) is 16.8 Å². The summed E-state index contributed by atoms with van der Waals surface area (Å²) in [6.07, 6.45) is -2.57. The van der Waals surface area contributed by atoms with Crippen LogP contribution in [-0.4, -0.2) is 15.7 Å². The van der Waals surface area contributed by atoms with Crippen molar-refractivity contribution in [2.24, 2.45) is 17.8 Å². The van der Waals surface area contributed by atoms with Gasteiger partial charge in [0.15, 0.2) is 5.96 Å². The number of nitrogens with zero attached hydrogens (tertiary/aromatic N) is 3. The molecule has 0 saturated carbocycles. The normalized spacial score (nSPS) is 12.5. The van der Waals surface area contributed by atoms with Crippen LogP contribution in [0, 0.1) is 0 Å². The minimum atomic E-state index is -4.37. The fourth-order valence-corrected chi connectivity index (χ4v) is 2.39. The molecule has 1 heterocycles. The van der Waals surface area contributed by atoms with E-state index in [1.165, 1.54) is 6.07 Å². The van der Waals surface area contributed by atoms with Crippen molar-refractivity contribution in [3.05, 3.63) is 51.8 Å². The van der Waals surface area contributed by atoms with E-state index < -0.39 is 11.7 Å². The van der Waals surface area contributed by atoms with E-state index in [9.17, 15) is 13.2 Å². The summed E-state index contributed by atoms with van der Waals surface area (Å²) in [6, 6.07) is 5.00. The molecule has 1 aromatic carbocycles. The summed E-state index contributed by atoms with van der Waals surface area (Å²) in [5.41, 5.74) is 6.21. The first kappa shape index (κ1) is 17.3. The summed E-state index contributed by atoms with van der Waals surface area (Å²) in [5, 5.41) is 7.08. The Morgan fingerprint density at radius 2 is 2.17 bits per heavy atom. The van der Waals surface area contributed by atoms with Gasteiger partial charge in [0.25, 0.3) is 0 Å². The number of benzene rings is 1. The zero-order chi connectivity index (χ0) is 17.0. The molecule has 2 rings (SSSR count). The highest BCUT2D eigenvalue weighted by Gasteiger charge is 2.30. The molecule has 0 aliphatic heterocycles. The molecule has 0 amide bonds. The molecule has 0 saturated heterocycles. The Labute approximate surface area is 139 Å². The highest BCUT2D eigenvalue weighted by atomic mass is 79.9. The van der Waals surface area contributed by atoms with Gasteiger partial charge in [-0.2, -0.15) is 18.3 Å². The minimum Gasteiger partial charge on any atom is -0.370 e. The van der Waals surface area contributed by atoms with E-state index in [1.54, 1.807) is 24.0 Å². The summed E-state index contributed by atoms with van der Waals surface area (Å²) in [7, 11) is 1.79. The fourth-order valence-electron chi connectivity index (χ4n) is 1.88. The van der Waals surface area contributed by atoms with Crippen LogP contribution in [0.15, 0.2) is 39.9 Å². The van der Waals surface area contributed by atoms with Crippen molar-refractivity contribution < 1.29 is 13.2 Å². The molecule has 0 bridgehead atoms. The molecular weight excluding hydrogens is 375 g/mol. The standard InChI is InChI=1S/C14H15BrF3N5/c1-23-8-11(15)12(22-23)7-21-13(19)20-6-9-3-2-4-10(5-9)14(16,17)18/h2-5,8H,6-7H2,1H3,(H3,19,20,21). The van der Waals surface area contributed by atoms with Gasteiger partial charge in [-0.05, 0) is 33.6 Å². The summed E-state index contributed by atoms with van der Waals surface area (Å²) in [4.78, 5) is 4.04. The molecule has 0 aliphatic carbocycles. The first-order valence-corrected chi connectivity index (χ1v) is 7.43. The van der Waals surface area contributed by atoms with Crippen molar-refractivity contribution in [1.82, 2.24) is 15.1 Å². The molecule has 0 atom stereocenters. The van der Waals surface area contributed by atoms with Gasteiger partial charge in [-0.3, -0.25) is 4.68 Å². The van der Waals surface area contributed by atoms with E-state index in [0.29, 0.717) is 12.1 Å². The molecule has 0 unspecified atom stereocenters. The second-order valence-electron chi connectivity index (χ2n) is 4.85. The van der Waals surface area contributed by atoms with Crippen molar-refractivity contribution in [3.63, 3.8) is 0 Å². The molecule has 124 valence electrons. The average molecular weight is 390 g/mol. The molecule has 9 heteroatoms. The Hall–Kier alpha value is -2.03. The third kappa shape index (κ3) is 4.98. The second-order valence-corrected chi connectivity index (χ2v) is 5.70. The fraction of sp³-hybridized carbons (Fsp3) is 0.286. The SMILES string of the molecule is Cn1cc(Br)c(CNC(N)=NCc2cccc(C(F)(F)F)c2)n1. The second kappa shape index (κ2) is 7.03. The van der Waals surface area contributed by atoms with Gasteiger partial charge in [-0.1, -0.05) is 12.1 Å². The number of nitrogens with one attached hydrogen (secondary N) is 1. The number of hydrogen-bond donors (Lipinski definition) is 2. The number of hydrogen-bond acceptors (Lipinski definition) is 2.